The van der Waals surface area contributed by atoms with Crippen molar-refractivity contribution in [2.75, 3.05) is 43.1 Å². The van der Waals surface area contributed by atoms with E-state index in [-0.39, 0.29) is 36.4 Å². The van der Waals surface area contributed by atoms with Crippen molar-refractivity contribution >= 4 is 52.0 Å². The molecule has 2 fully saturated rings. The summed E-state index contributed by atoms with van der Waals surface area (Å²) in [5.41, 5.74) is -1.84. The first-order valence-corrected chi connectivity index (χ1v) is 13.1. The smallest absolute Gasteiger partial charge is 0.370 e. The highest BCUT2D eigenvalue weighted by Crippen LogP contribution is 2.38. The van der Waals surface area contributed by atoms with Crippen molar-refractivity contribution in [2.45, 2.75) is 37.5 Å². The van der Waals surface area contributed by atoms with E-state index in [1.54, 1.807) is 0 Å². The molecule has 1 aromatic heterocycles. The van der Waals surface area contributed by atoms with Crippen LogP contribution in [0.2, 0.25) is 4.34 Å². The Morgan fingerprint density at radius 1 is 1.21 bits per heavy atom. The highest BCUT2D eigenvalue weighted by Gasteiger charge is 2.40. The van der Waals surface area contributed by atoms with Gasteiger partial charge in [0.1, 0.15) is 12.6 Å². The van der Waals surface area contributed by atoms with Crippen LogP contribution in [0, 0.1) is 0 Å². The monoisotopic (exact) mass is 594 g/mol. The van der Waals surface area contributed by atoms with Gasteiger partial charge in [0.2, 0.25) is 5.91 Å². The molecule has 0 unspecified atom stereocenters. The summed E-state index contributed by atoms with van der Waals surface area (Å²) in [7, 11) is 0. The molecule has 0 radical (unpaired) electrons. The van der Waals surface area contributed by atoms with Crippen molar-refractivity contribution in [1.82, 2.24) is 10.2 Å². The highest BCUT2D eigenvalue weighted by molar-refractivity contribution is 7.18. The predicted octanol–water partition coefficient (Wildman–Crippen LogP) is 4.25. The SMILES string of the molecule is O=C(NC[C@@H](C(=O)Nc1ccc(N2CCOCC2=O)cc1C(F)(F)F)N(CC(F)F)C1CC1)c1ccc(Cl)s1. The van der Waals surface area contributed by atoms with E-state index in [0.717, 1.165) is 28.4 Å². The standard InChI is InChI=1S/C24H24ClF5N4O4S/c25-19-6-5-18(39-19)23(37)31-10-17(34(11-20(26)27)13-1-2-13)22(36)32-16-4-3-14(9-15(16)24(28,29)30)33-7-8-38-12-21(33)35/h3-6,9,13,17,20H,1-2,7-8,10-12H2,(H,31,37)(H,32,36)/t17-/m0/s1. The molecule has 4 rings (SSSR count). The van der Waals surface area contributed by atoms with Gasteiger partial charge >= 0.3 is 6.18 Å². The van der Waals surface area contributed by atoms with Gasteiger partial charge in [0.05, 0.1) is 33.6 Å². The van der Waals surface area contributed by atoms with Gasteiger partial charge in [0, 0.05) is 24.8 Å². The Kier molecular flexibility index (Phi) is 9.09. The zero-order chi connectivity index (χ0) is 28.3. The number of thiophene rings is 1. The lowest BCUT2D eigenvalue weighted by molar-refractivity contribution is -0.137. The first kappa shape index (κ1) is 29.2. The van der Waals surface area contributed by atoms with Crippen LogP contribution in [0.15, 0.2) is 30.3 Å². The maximum atomic E-state index is 14.0. The van der Waals surface area contributed by atoms with Crippen molar-refractivity contribution in [3.63, 3.8) is 0 Å². The van der Waals surface area contributed by atoms with Gasteiger partial charge in [-0.3, -0.25) is 19.3 Å². The van der Waals surface area contributed by atoms with Gasteiger partial charge in [-0.2, -0.15) is 13.2 Å². The van der Waals surface area contributed by atoms with Crippen molar-refractivity contribution in [1.29, 1.82) is 0 Å². The topological polar surface area (TPSA) is 91.0 Å². The summed E-state index contributed by atoms with van der Waals surface area (Å²) in [6, 6.07) is 4.19. The molecule has 1 aliphatic carbocycles. The lowest BCUT2D eigenvalue weighted by Gasteiger charge is -2.31. The van der Waals surface area contributed by atoms with E-state index in [2.05, 4.69) is 10.6 Å². The van der Waals surface area contributed by atoms with Crippen LogP contribution in [0.5, 0.6) is 0 Å². The molecule has 2 heterocycles. The Hall–Kier alpha value is -2.81. The van der Waals surface area contributed by atoms with Crippen molar-refractivity contribution in [3.05, 3.63) is 45.1 Å². The molecule has 15 heteroatoms. The molecule has 1 saturated heterocycles. The van der Waals surface area contributed by atoms with Crippen LogP contribution >= 0.6 is 22.9 Å². The average molecular weight is 595 g/mol. The summed E-state index contributed by atoms with van der Waals surface area (Å²) in [4.78, 5) is 40.5. The van der Waals surface area contributed by atoms with Crippen LogP contribution in [-0.2, 0) is 20.5 Å². The largest absolute Gasteiger partial charge is 0.418 e. The molecule has 1 saturated carbocycles. The maximum absolute atomic E-state index is 14.0. The molecule has 2 aliphatic rings. The number of hydrogen-bond donors (Lipinski definition) is 2. The Morgan fingerprint density at radius 2 is 1.95 bits per heavy atom. The van der Waals surface area contributed by atoms with Crippen molar-refractivity contribution in [3.8, 4) is 0 Å². The van der Waals surface area contributed by atoms with Gasteiger partial charge in [-0.05, 0) is 43.2 Å². The number of alkyl halides is 5. The fourth-order valence-corrected chi connectivity index (χ4v) is 5.18. The van der Waals surface area contributed by atoms with Gasteiger partial charge in [-0.25, -0.2) is 8.78 Å². The Balaban J connectivity index is 1.59. The third-order valence-electron chi connectivity index (χ3n) is 6.18. The molecule has 39 heavy (non-hydrogen) atoms. The van der Waals surface area contributed by atoms with Crippen LogP contribution in [0.4, 0.5) is 33.3 Å². The summed E-state index contributed by atoms with van der Waals surface area (Å²) in [6.45, 7) is -1.29. The minimum atomic E-state index is -4.91. The number of nitrogens with zero attached hydrogens (tertiary/aromatic N) is 2. The quantitative estimate of drug-likeness (QED) is 0.402. The maximum Gasteiger partial charge on any atom is 0.418 e. The number of nitrogens with one attached hydrogen (secondary N) is 2. The van der Waals surface area contributed by atoms with E-state index in [1.807, 2.05) is 0 Å². The van der Waals surface area contributed by atoms with Gasteiger partial charge in [0.15, 0.2) is 0 Å². The summed E-state index contributed by atoms with van der Waals surface area (Å²) in [5.74, 6) is -2.11. The molecule has 1 aromatic carbocycles. The number of carbonyl (C=O) groups excluding carboxylic acids is 3. The Morgan fingerprint density at radius 3 is 2.54 bits per heavy atom. The molecule has 1 aliphatic heterocycles. The minimum Gasteiger partial charge on any atom is -0.370 e. The predicted molar refractivity (Wildman–Crippen MR) is 134 cm³/mol. The van der Waals surface area contributed by atoms with E-state index in [4.69, 9.17) is 16.3 Å². The summed E-state index contributed by atoms with van der Waals surface area (Å²) in [5, 5.41) is 4.72. The number of morpholine rings is 1. The van der Waals surface area contributed by atoms with Crippen molar-refractivity contribution in [2.24, 2.45) is 0 Å². The fraction of sp³-hybridized carbons (Fsp3) is 0.458. The van der Waals surface area contributed by atoms with Crippen molar-refractivity contribution < 1.29 is 41.1 Å². The summed E-state index contributed by atoms with van der Waals surface area (Å²) >= 11 is 6.82. The molecule has 3 amide bonds. The molecule has 8 nitrogen and oxygen atoms in total. The third-order valence-corrected chi connectivity index (χ3v) is 7.41. The lowest BCUT2D eigenvalue weighted by atomic mass is 10.1. The average Bonchev–Trinajstić information content (AvgIpc) is 3.62. The number of benzene rings is 1. The van der Waals surface area contributed by atoms with Crippen LogP contribution < -0.4 is 15.5 Å². The summed E-state index contributed by atoms with van der Waals surface area (Å²) in [6.07, 6.45) is -6.67. The van der Waals surface area contributed by atoms with E-state index in [9.17, 15) is 36.3 Å². The first-order valence-electron chi connectivity index (χ1n) is 11.9. The second-order valence-electron chi connectivity index (χ2n) is 8.96. The molecule has 1 atom stereocenters. The number of hydrogen-bond acceptors (Lipinski definition) is 6. The zero-order valence-electron chi connectivity index (χ0n) is 20.3. The molecule has 2 N–H and O–H groups in total. The van der Waals surface area contributed by atoms with Crippen LogP contribution in [0.3, 0.4) is 0 Å². The molecule has 0 bridgehead atoms. The third kappa shape index (κ3) is 7.44. The molecular formula is C24H24ClF5N4O4S. The van der Waals surface area contributed by atoms with E-state index in [0.29, 0.717) is 17.2 Å². The van der Waals surface area contributed by atoms with Gasteiger partial charge in [-0.1, -0.05) is 11.6 Å². The number of amides is 3. The van der Waals surface area contributed by atoms with Gasteiger partial charge < -0.3 is 20.3 Å². The number of ether oxygens (including phenoxy) is 1. The Bertz CT molecular complexity index is 1220. The number of carbonyl (C=O) groups is 3. The zero-order valence-corrected chi connectivity index (χ0v) is 21.8. The number of halogens is 6. The minimum absolute atomic E-state index is 0.0237. The van der Waals surface area contributed by atoms with Crippen LogP contribution in [0.25, 0.3) is 0 Å². The fourth-order valence-electron chi connectivity index (χ4n) is 4.22. The second kappa shape index (κ2) is 12.1. The van der Waals surface area contributed by atoms with E-state index >= 15 is 0 Å². The van der Waals surface area contributed by atoms with Crippen LogP contribution in [0.1, 0.15) is 28.1 Å². The molecule has 2 aromatic rings. The van der Waals surface area contributed by atoms with Gasteiger partial charge in [0.25, 0.3) is 18.2 Å². The summed E-state index contributed by atoms with van der Waals surface area (Å²) < 4.78 is 74.2. The van der Waals surface area contributed by atoms with E-state index < -0.39 is 60.7 Å². The Labute approximate surface area is 229 Å². The molecule has 0 spiro atoms. The highest BCUT2D eigenvalue weighted by atomic mass is 35.5. The normalized spacial score (nSPS) is 17.0. The van der Waals surface area contributed by atoms with Gasteiger partial charge in [-0.15, -0.1) is 11.3 Å². The number of rotatable bonds is 10. The van der Waals surface area contributed by atoms with E-state index in [1.165, 1.54) is 23.1 Å². The molecule has 212 valence electrons. The first-order chi connectivity index (χ1) is 18.4. The second-order valence-corrected chi connectivity index (χ2v) is 10.7. The lowest BCUT2D eigenvalue weighted by Crippen LogP contribution is -2.53. The molecular weight excluding hydrogens is 571 g/mol. The number of anilines is 2. The van der Waals surface area contributed by atoms with Crippen LogP contribution in [-0.4, -0.2) is 74.0 Å².